The van der Waals surface area contributed by atoms with E-state index in [1.165, 1.54) is 0 Å². The predicted molar refractivity (Wildman–Crippen MR) is 119 cm³/mol. The Bertz CT molecular complexity index is 1090. The van der Waals surface area contributed by atoms with Crippen molar-refractivity contribution < 1.29 is 9.53 Å². The summed E-state index contributed by atoms with van der Waals surface area (Å²) in [6, 6.07) is 11.8. The van der Waals surface area contributed by atoms with Gasteiger partial charge in [-0.25, -0.2) is 4.98 Å². The highest BCUT2D eigenvalue weighted by Crippen LogP contribution is 2.34. The molecule has 2 fully saturated rings. The van der Waals surface area contributed by atoms with Crippen LogP contribution in [0.4, 0.5) is 5.69 Å². The maximum absolute atomic E-state index is 12.8. The summed E-state index contributed by atoms with van der Waals surface area (Å²) in [5.41, 5.74) is 3.70. The number of fused-ring (bicyclic) bond motifs is 1. The number of carbonyl (C=O) groups excluding carboxylic acids is 1. The molecule has 1 atom stereocenters. The minimum absolute atomic E-state index is 0.0842. The lowest BCUT2D eigenvalue weighted by Crippen LogP contribution is -2.35. The number of hydrogen-bond acceptors (Lipinski definition) is 4. The topological polar surface area (TPSA) is 61.5 Å². The lowest BCUT2D eigenvalue weighted by Gasteiger charge is -2.22. The Morgan fingerprint density at radius 1 is 1.17 bits per heavy atom. The molecule has 1 unspecified atom stereocenters. The van der Waals surface area contributed by atoms with Gasteiger partial charge in [0.1, 0.15) is 11.6 Å². The number of likely N-dealkylation sites (tertiary alicyclic amines) is 1. The van der Waals surface area contributed by atoms with Crippen LogP contribution < -0.4 is 9.64 Å². The molecule has 1 amide bonds. The normalized spacial score (nSPS) is 19.1. The summed E-state index contributed by atoms with van der Waals surface area (Å²) in [6.45, 7) is 3.46. The van der Waals surface area contributed by atoms with Crippen LogP contribution in [0.15, 0.2) is 36.4 Å². The molecule has 2 aliphatic heterocycles. The van der Waals surface area contributed by atoms with E-state index in [0.717, 1.165) is 79.3 Å². The number of H-pyrrole nitrogens is 1. The molecule has 3 heterocycles. The smallest absolute Gasteiger partial charge is 0.227 e. The number of nitrogens with zero attached hydrogens (tertiary/aromatic N) is 3. The van der Waals surface area contributed by atoms with Crippen LogP contribution >= 0.6 is 11.6 Å². The van der Waals surface area contributed by atoms with Crippen molar-refractivity contribution in [2.75, 3.05) is 38.2 Å². The van der Waals surface area contributed by atoms with E-state index in [9.17, 15) is 4.79 Å². The summed E-state index contributed by atoms with van der Waals surface area (Å²) in [5, 5.41) is 0.647. The van der Waals surface area contributed by atoms with Gasteiger partial charge in [0, 0.05) is 43.5 Å². The van der Waals surface area contributed by atoms with Crippen molar-refractivity contribution in [1.29, 1.82) is 0 Å². The maximum Gasteiger partial charge on any atom is 0.227 e. The Balaban J connectivity index is 1.39. The first-order valence-electron chi connectivity index (χ1n) is 10.5. The predicted octanol–water partition coefficient (Wildman–Crippen LogP) is 4.34. The van der Waals surface area contributed by atoms with Crippen LogP contribution in [0.25, 0.3) is 22.4 Å². The molecule has 156 valence electrons. The molecular weight excluding hydrogens is 400 g/mol. The second-order valence-electron chi connectivity index (χ2n) is 8.10. The molecule has 0 aliphatic carbocycles. The summed E-state index contributed by atoms with van der Waals surface area (Å²) in [6.07, 6.45) is 3.16. The van der Waals surface area contributed by atoms with E-state index in [2.05, 4.69) is 16.0 Å². The number of amides is 1. The van der Waals surface area contributed by atoms with Gasteiger partial charge < -0.3 is 19.5 Å². The minimum atomic E-state index is 0.0842. The Labute approximate surface area is 180 Å². The van der Waals surface area contributed by atoms with E-state index in [-0.39, 0.29) is 5.92 Å². The number of nitrogens with one attached hydrogen (secondary N) is 1. The fourth-order valence-corrected chi connectivity index (χ4v) is 4.73. The van der Waals surface area contributed by atoms with Gasteiger partial charge in [0.2, 0.25) is 5.91 Å². The number of rotatable bonds is 4. The standard InChI is InChI=1S/C23H25ClN4O2/c1-30-17-5-7-20-21(13-17)26-22(25-20)18-12-16(4-6-19(18)24)28-11-8-15(14-28)23(29)27-9-2-3-10-27/h4-7,12-13,15H,2-3,8-11,14H2,1H3,(H,25,26). The largest absolute Gasteiger partial charge is 0.497 e. The van der Waals surface area contributed by atoms with Crippen LogP contribution in [0, 0.1) is 5.92 Å². The number of aromatic amines is 1. The Hall–Kier alpha value is -2.73. The number of ether oxygens (including phenoxy) is 1. The molecule has 6 nitrogen and oxygen atoms in total. The van der Waals surface area contributed by atoms with Gasteiger partial charge in [-0.3, -0.25) is 4.79 Å². The lowest BCUT2D eigenvalue weighted by atomic mass is 10.1. The van der Waals surface area contributed by atoms with E-state index >= 15 is 0 Å². The van der Waals surface area contributed by atoms with Crippen molar-refractivity contribution in [3.63, 3.8) is 0 Å². The zero-order valence-electron chi connectivity index (χ0n) is 17.0. The van der Waals surface area contributed by atoms with E-state index < -0.39 is 0 Å². The highest BCUT2D eigenvalue weighted by molar-refractivity contribution is 6.33. The number of hydrogen-bond donors (Lipinski definition) is 1. The molecule has 2 aliphatic rings. The van der Waals surface area contributed by atoms with Gasteiger partial charge in [-0.15, -0.1) is 0 Å². The summed E-state index contributed by atoms with van der Waals surface area (Å²) in [4.78, 5) is 25.1. The van der Waals surface area contributed by atoms with Gasteiger partial charge in [0.05, 0.1) is 29.1 Å². The average molecular weight is 425 g/mol. The van der Waals surface area contributed by atoms with E-state index in [4.69, 9.17) is 21.3 Å². The average Bonchev–Trinajstić information content (AvgIpc) is 3.53. The van der Waals surface area contributed by atoms with Crippen LogP contribution in [0.5, 0.6) is 5.75 Å². The minimum Gasteiger partial charge on any atom is -0.497 e. The monoisotopic (exact) mass is 424 g/mol. The Kier molecular flexibility index (Phi) is 5.03. The summed E-state index contributed by atoms with van der Waals surface area (Å²) >= 11 is 6.52. The first-order chi connectivity index (χ1) is 14.6. The van der Waals surface area contributed by atoms with Crippen LogP contribution in [-0.2, 0) is 4.79 Å². The van der Waals surface area contributed by atoms with Crippen LogP contribution in [-0.4, -0.2) is 54.1 Å². The van der Waals surface area contributed by atoms with Gasteiger partial charge in [-0.05, 0) is 49.6 Å². The number of imidazole rings is 1. The number of aromatic nitrogens is 2. The van der Waals surface area contributed by atoms with Gasteiger partial charge in [-0.2, -0.15) is 0 Å². The quantitative estimate of drug-likeness (QED) is 0.676. The van der Waals surface area contributed by atoms with Crippen molar-refractivity contribution in [1.82, 2.24) is 14.9 Å². The number of halogens is 1. The molecule has 30 heavy (non-hydrogen) atoms. The molecule has 0 spiro atoms. The molecule has 0 radical (unpaired) electrons. The van der Waals surface area contributed by atoms with Crippen molar-refractivity contribution in [2.45, 2.75) is 19.3 Å². The fraction of sp³-hybridized carbons (Fsp3) is 0.391. The van der Waals surface area contributed by atoms with Gasteiger partial charge in [-0.1, -0.05) is 11.6 Å². The number of benzene rings is 2. The molecule has 7 heteroatoms. The molecular formula is C23H25ClN4O2. The van der Waals surface area contributed by atoms with Crippen LogP contribution in [0.2, 0.25) is 5.02 Å². The highest BCUT2D eigenvalue weighted by atomic mass is 35.5. The second kappa shape index (κ2) is 7.84. The van der Waals surface area contributed by atoms with Crippen LogP contribution in [0.3, 0.4) is 0 Å². The van der Waals surface area contributed by atoms with Gasteiger partial charge in [0.25, 0.3) is 0 Å². The third-order valence-corrected chi connectivity index (χ3v) is 6.54. The van der Waals surface area contributed by atoms with Crippen molar-refractivity contribution in [3.05, 3.63) is 41.4 Å². The van der Waals surface area contributed by atoms with E-state index in [0.29, 0.717) is 10.9 Å². The third kappa shape index (κ3) is 3.49. The number of carbonyl (C=O) groups is 1. The van der Waals surface area contributed by atoms with Crippen LogP contribution in [0.1, 0.15) is 19.3 Å². The molecule has 0 bridgehead atoms. The number of anilines is 1. The SMILES string of the molecule is COc1ccc2nc(-c3cc(N4CCC(C(=O)N5CCCC5)C4)ccc3Cl)[nH]c2c1. The molecule has 0 saturated carbocycles. The van der Waals surface area contributed by atoms with Crippen molar-refractivity contribution >= 4 is 34.2 Å². The Morgan fingerprint density at radius 2 is 2.00 bits per heavy atom. The second-order valence-corrected chi connectivity index (χ2v) is 8.50. The first kappa shape index (κ1) is 19.2. The summed E-state index contributed by atoms with van der Waals surface area (Å²) in [7, 11) is 1.65. The van der Waals surface area contributed by atoms with E-state index in [1.54, 1.807) is 7.11 Å². The zero-order chi connectivity index (χ0) is 20.7. The zero-order valence-corrected chi connectivity index (χ0v) is 17.8. The molecule has 1 N–H and O–H groups in total. The first-order valence-corrected chi connectivity index (χ1v) is 10.9. The maximum atomic E-state index is 12.8. The van der Waals surface area contributed by atoms with Gasteiger partial charge >= 0.3 is 0 Å². The number of methoxy groups -OCH3 is 1. The Morgan fingerprint density at radius 3 is 2.80 bits per heavy atom. The van der Waals surface area contributed by atoms with Crippen molar-refractivity contribution in [2.24, 2.45) is 5.92 Å². The fourth-order valence-electron chi connectivity index (χ4n) is 4.53. The molecule has 3 aromatic rings. The highest BCUT2D eigenvalue weighted by Gasteiger charge is 2.32. The van der Waals surface area contributed by atoms with Gasteiger partial charge in [0.15, 0.2) is 0 Å². The molecule has 2 saturated heterocycles. The molecule has 2 aromatic carbocycles. The molecule has 5 rings (SSSR count). The van der Waals surface area contributed by atoms with E-state index in [1.807, 2.05) is 35.2 Å². The summed E-state index contributed by atoms with van der Waals surface area (Å²) < 4.78 is 5.30. The molecule has 1 aromatic heterocycles. The summed E-state index contributed by atoms with van der Waals surface area (Å²) in [5.74, 6) is 1.91. The third-order valence-electron chi connectivity index (χ3n) is 6.21. The van der Waals surface area contributed by atoms with Crippen molar-refractivity contribution in [3.8, 4) is 17.1 Å². The lowest BCUT2D eigenvalue weighted by molar-refractivity contribution is -0.133.